The molecule has 0 heterocycles. The van der Waals surface area contributed by atoms with Gasteiger partial charge in [0.05, 0.1) is 0 Å². The number of hydrogen-bond donors (Lipinski definition) is 1. The number of rotatable bonds is 9. The molecule has 0 aliphatic carbocycles. The third-order valence-electron chi connectivity index (χ3n) is 2.08. The molecule has 1 N–H and O–H groups in total. The van der Waals surface area contributed by atoms with Crippen LogP contribution in [0.5, 0.6) is 0 Å². The summed E-state index contributed by atoms with van der Waals surface area (Å²) in [6.07, 6.45) is 4.19. The molecule has 6 heteroatoms. The van der Waals surface area contributed by atoms with Crippen molar-refractivity contribution >= 4 is 49.8 Å². The van der Waals surface area contributed by atoms with E-state index in [0.717, 1.165) is 32.1 Å². The smallest absolute Gasteiger partial charge is 0.550 e. The minimum atomic E-state index is -1.23. The van der Waals surface area contributed by atoms with Crippen molar-refractivity contribution in [3.05, 3.63) is 0 Å². The van der Waals surface area contributed by atoms with Crippen LogP contribution in [0.2, 0.25) is 0 Å². The summed E-state index contributed by atoms with van der Waals surface area (Å²) in [6.45, 7) is 0.432. The minimum absolute atomic E-state index is 0. The van der Waals surface area contributed by atoms with Crippen LogP contribution >= 0.6 is 0 Å². The van der Waals surface area contributed by atoms with Crippen molar-refractivity contribution in [2.24, 2.45) is 0 Å². The van der Waals surface area contributed by atoms with E-state index in [-0.39, 0.29) is 44.2 Å². The zero-order valence-corrected chi connectivity index (χ0v) is 11.7. The summed E-state index contributed by atoms with van der Waals surface area (Å²) in [4.78, 5) is 20.0. The molecule has 0 unspecified atom stereocenters. The van der Waals surface area contributed by atoms with Crippen LogP contribution < -0.4 is 15.5 Å². The number of carbonyl (C=O) groups excluding carboxylic acids is 2. The molecule has 16 heavy (non-hydrogen) atoms. The molecular formula is C10H17CaNO4. The zero-order chi connectivity index (χ0) is 11.5. The SMILES string of the molecule is O=C([O-])CCCCCCCCNC(=O)[O-].[Ca+2]. The van der Waals surface area contributed by atoms with Gasteiger partial charge in [-0.25, -0.2) is 0 Å². The topological polar surface area (TPSA) is 92.3 Å². The maximum Gasteiger partial charge on any atom is 2.00 e. The minimum Gasteiger partial charge on any atom is -0.550 e. The maximum atomic E-state index is 10.1. The van der Waals surface area contributed by atoms with Gasteiger partial charge in [-0.1, -0.05) is 25.7 Å². The Morgan fingerprint density at radius 1 is 0.875 bits per heavy atom. The molecule has 0 aromatic rings. The molecule has 5 nitrogen and oxygen atoms in total. The van der Waals surface area contributed by atoms with E-state index >= 15 is 0 Å². The van der Waals surface area contributed by atoms with E-state index in [2.05, 4.69) is 5.32 Å². The van der Waals surface area contributed by atoms with Gasteiger partial charge in [0.1, 0.15) is 6.09 Å². The van der Waals surface area contributed by atoms with Crippen LogP contribution in [0.3, 0.4) is 0 Å². The van der Waals surface area contributed by atoms with Crippen LogP contribution in [0.4, 0.5) is 4.79 Å². The Bertz CT molecular complexity index is 179. The molecular weight excluding hydrogens is 238 g/mol. The standard InChI is InChI=1S/C10H19NO4.Ca/c12-9(13)7-5-3-1-2-4-6-8-11-10(14)15;/h11H,1-8H2,(H,12,13)(H,14,15);/q;+2/p-2. The van der Waals surface area contributed by atoms with E-state index in [1.165, 1.54) is 0 Å². The molecule has 0 fully saturated rings. The van der Waals surface area contributed by atoms with Gasteiger partial charge >= 0.3 is 37.7 Å². The van der Waals surface area contributed by atoms with Crippen molar-refractivity contribution in [3.8, 4) is 0 Å². The molecule has 0 saturated heterocycles. The zero-order valence-electron chi connectivity index (χ0n) is 9.50. The summed E-state index contributed by atoms with van der Waals surface area (Å²) in [5, 5.41) is 22.2. The van der Waals surface area contributed by atoms with Crippen LogP contribution in [0.1, 0.15) is 44.9 Å². The van der Waals surface area contributed by atoms with Crippen molar-refractivity contribution in [1.82, 2.24) is 5.32 Å². The fourth-order valence-electron chi connectivity index (χ4n) is 1.29. The molecule has 0 aromatic heterocycles. The molecule has 0 rings (SSSR count). The third-order valence-corrected chi connectivity index (χ3v) is 2.08. The molecule has 88 valence electrons. The van der Waals surface area contributed by atoms with Gasteiger partial charge in [-0.3, -0.25) is 0 Å². The monoisotopic (exact) mass is 255 g/mol. The van der Waals surface area contributed by atoms with Crippen molar-refractivity contribution in [3.63, 3.8) is 0 Å². The second kappa shape index (κ2) is 13.1. The van der Waals surface area contributed by atoms with Crippen LogP contribution in [0.15, 0.2) is 0 Å². The van der Waals surface area contributed by atoms with E-state index in [9.17, 15) is 19.8 Å². The van der Waals surface area contributed by atoms with Gasteiger partial charge < -0.3 is 25.1 Å². The van der Waals surface area contributed by atoms with Crippen molar-refractivity contribution in [1.29, 1.82) is 0 Å². The van der Waals surface area contributed by atoms with Crippen molar-refractivity contribution < 1.29 is 19.8 Å². The quantitative estimate of drug-likeness (QED) is 0.423. The van der Waals surface area contributed by atoms with Crippen molar-refractivity contribution in [2.75, 3.05) is 6.54 Å². The summed E-state index contributed by atoms with van der Waals surface area (Å²) in [7, 11) is 0. The molecule has 0 atom stereocenters. The Morgan fingerprint density at radius 2 is 1.38 bits per heavy atom. The van der Waals surface area contributed by atoms with E-state index < -0.39 is 12.1 Å². The number of carboxylic acid groups (broad SMARTS) is 2. The van der Waals surface area contributed by atoms with E-state index in [1.807, 2.05) is 0 Å². The molecule has 0 aromatic carbocycles. The van der Waals surface area contributed by atoms with E-state index in [0.29, 0.717) is 13.0 Å². The number of unbranched alkanes of at least 4 members (excludes halogenated alkanes) is 5. The normalized spacial score (nSPS) is 9.25. The summed E-state index contributed by atoms with van der Waals surface area (Å²) in [5.41, 5.74) is 0. The van der Waals surface area contributed by atoms with Gasteiger partial charge in [0.15, 0.2) is 0 Å². The van der Waals surface area contributed by atoms with Crippen molar-refractivity contribution in [2.45, 2.75) is 44.9 Å². The first-order chi connectivity index (χ1) is 7.13. The Hall–Kier alpha value is -0.000260. The molecule has 1 amide bonds. The number of amides is 1. The van der Waals surface area contributed by atoms with Gasteiger partial charge in [0, 0.05) is 12.5 Å². The number of hydrogen-bond acceptors (Lipinski definition) is 4. The van der Waals surface area contributed by atoms with E-state index in [4.69, 9.17) is 0 Å². The van der Waals surface area contributed by atoms with Gasteiger partial charge in [-0.2, -0.15) is 0 Å². The second-order valence-corrected chi connectivity index (χ2v) is 3.46. The van der Waals surface area contributed by atoms with Gasteiger partial charge in [-0.15, -0.1) is 0 Å². The first-order valence-corrected chi connectivity index (χ1v) is 5.27. The third kappa shape index (κ3) is 16.4. The first-order valence-electron chi connectivity index (χ1n) is 5.27. The Balaban J connectivity index is 0. The summed E-state index contributed by atoms with van der Waals surface area (Å²) in [5.74, 6) is -0.992. The predicted octanol–water partition coefficient (Wildman–Crippen LogP) is -0.981. The fourth-order valence-corrected chi connectivity index (χ4v) is 1.29. The first kappa shape index (κ1) is 18.4. The van der Waals surface area contributed by atoms with Crippen LogP contribution in [0, 0.1) is 0 Å². The largest absolute Gasteiger partial charge is 2.00 e. The van der Waals surface area contributed by atoms with Crippen LogP contribution in [0.25, 0.3) is 0 Å². The summed E-state index contributed by atoms with van der Waals surface area (Å²) < 4.78 is 0. The molecule has 0 aliphatic heterocycles. The Kier molecular flexibility index (Phi) is 15.0. The number of aliphatic carboxylic acids is 1. The van der Waals surface area contributed by atoms with Gasteiger partial charge in [-0.05, 0) is 19.3 Å². The van der Waals surface area contributed by atoms with Gasteiger partial charge in [0.2, 0.25) is 0 Å². The van der Waals surface area contributed by atoms with Crippen LogP contribution in [-0.4, -0.2) is 56.3 Å². The number of nitrogens with one attached hydrogen (secondary N) is 1. The number of carbonyl (C=O) groups is 2. The van der Waals surface area contributed by atoms with E-state index in [1.54, 1.807) is 0 Å². The average molecular weight is 255 g/mol. The summed E-state index contributed by atoms with van der Waals surface area (Å²) in [6, 6.07) is 0. The summed E-state index contributed by atoms with van der Waals surface area (Å²) >= 11 is 0. The molecule has 0 saturated carbocycles. The Labute approximate surface area is 126 Å². The van der Waals surface area contributed by atoms with Crippen LogP contribution in [-0.2, 0) is 4.79 Å². The molecule has 0 spiro atoms. The molecule has 0 bridgehead atoms. The molecule has 0 aliphatic rings. The van der Waals surface area contributed by atoms with Gasteiger partial charge in [0.25, 0.3) is 0 Å². The second-order valence-electron chi connectivity index (χ2n) is 3.46. The predicted molar refractivity (Wildman–Crippen MR) is 56.5 cm³/mol. The number of carboxylic acids is 1. The molecule has 0 radical (unpaired) electrons. The Morgan fingerprint density at radius 3 is 1.88 bits per heavy atom. The average Bonchev–Trinajstić information content (AvgIpc) is 2.14. The fraction of sp³-hybridized carbons (Fsp3) is 0.800. The maximum absolute atomic E-state index is 10.1.